The highest BCUT2D eigenvalue weighted by Gasteiger charge is 2.45. The van der Waals surface area contributed by atoms with Crippen molar-refractivity contribution in [3.8, 4) is 5.75 Å². The van der Waals surface area contributed by atoms with Crippen LogP contribution >= 0.6 is 0 Å². The van der Waals surface area contributed by atoms with Crippen molar-refractivity contribution in [1.82, 2.24) is 47.0 Å². The lowest BCUT2D eigenvalue weighted by Gasteiger charge is -2.35. The Kier molecular flexibility index (Phi) is 22.2. The van der Waals surface area contributed by atoms with Crippen LogP contribution in [0.5, 0.6) is 5.75 Å². The molecule has 0 unspecified atom stereocenters. The number of aromatic hydroxyl groups is 1. The van der Waals surface area contributed by atoms with Crippen LogP contribution in [0.25, 0.3) is 0 Å². The third-order valence-corrected chi connectivity index (χ3v) is 15.1. The molecule has 19 heteroatoms. The van der Waals surface area contributed by atoms with Gasteiger partial charge in [0.05, 0.1) is 0 Å². The zero-order valence-corrected chi connectivity index (χ0v) is 46.3. The zero-order chi connectivity index (χ0) is 56.0. The molecule has 418 valence electrons. The van der Waals surface area contributed by atoms with Crippen molar-refractivity contribution >= 4 is 53.2 Å². The van der Waals surface area contributed by atoms with Crippen LogP contribution in [0.2, 0.25) is 0 Å². The van der Waals surface area contributed by atoms with Gasteiger partial charge in [-0.15, -0.1) is 0 Å². The second-order valence-corrected chi connectivity index (χ2v) is 22.4. The van der Waals surface area contributed by atoms with Crippen molar-refractivity contribution in [2.75, 3.05) is 13.1 Å². The molecule has 3 aliphatic rings. The van der Waals surface area contributed by atoms with Gasteiger partial charge in [0.15, 0.2) is 0 Å². The van der Waals surface area contributed by atoms with Crippen LogP contribution in [0.1, 0.15) is 132 Å². The van der Waals surface area contributed by atoms with E-state index in [1.54, 1.807) is 64.1 Å². The molecule has 0 spiro atoms. The molecule has 0 aromatic heterocycles. The summed E-state index contributed by atoms with van der Waals surface area (Å²) < 4.78 is 0. The summed E-state index contributed by atoms with van der Waals surface area (Å²) in [7, 11) is 0. The highest BCUT2D eigenvalue weighted by Crippen LogP contribution is 2.27. The molecule has 2 aromatic rings. The Morgan fingerprint density at radius 2 is 0.855 bits per heavy atom. The number of hydrogen-bond acceptors (Lipinski definition) is 10. The summed E-state index contributed by atoms with van der Waals surface area (Å²) in [5.74, 6) is -7.07. The van der Waals surface area contributed by atoms with E-state index in [9.17, 15) is 48.3 Å². The van der Waals surface area contributed by atoms with Gasteiger partial charge in [0.25, 0.3) is 0 Å². The number of fused-ring (bicyclic) bond motifs is 2. The lowest BCUT2D eigenvalue weighted by molar-refractivity contribution is -0.148. The van der Waals surface area contributed by atoms with E-state index < -0.39 is 125 Å². The maximum atomic E-state index is 14.8. The Morgan fingerprint density at radius 1 is 0.461 bits per heavy atom. The zero-order valence-electron chi connectivity index (χ0n) is 46.3. The van der Waals surface area contributed by atoms with Crippen LogP contribution in [0, 0.1) is 29.6 Å². The summed E-state index contributed by atoms with van der Waals surface area (Å²) >= 11 is 0. The summed E-state index contributed by atoms with van der Waals surface area (Å²) in [6, 6.07) is 4.83. The minimum Gasteiger partial charge on any atom is -0.508 e. The third kappa shape index (κ3) is 16.2. The number of nitrogens with zero attached hydrogens (tertiary/aromatic N) is 2. The van der Waals surface area contributed by atoms with Crippen molar-refractivity contribution in [2.45, 2.75) is 188 Å². The van der Waals surface area contributed by atoms with Gasteiger partial charge in [-0.05, 0) is 91.4 Å². The lowest BCUT2D eigenvalue weighted by Crippen LogP contribution is -2.62. The molecule has 9 amide bonds. The topological polar surface area (TPSA) is 265 Å². The normalized spacial score (nSPS) is 27.1. The van der Waals surface area contributed by atoms with Gasteiger partial charge < -0.3 is 52.1 Å². The molecular weight excluding hydrogens is 971 g/mol. The predicted octanol–water partition coefficient (Wildman–Crippen LogP) is 3.41. The van der Waals surface area contributed by atoms with E-state index in [2.05, 4.69) is 37.2 Å². The Bertz CT molecular complexity index is 2350. The Balaban J connectivity index is 1.61. The molecule has 3 saturated heterocycles. The van der Waals surface area contributed by atoms with E-state index in [0.717, 1.165) is 0 Å². The summed E-state index contributed by atoms with van der Waals surface area (Å²) in [5.41, 5.74) is 1.26. The summed E-state index contributed by atoms with van der Waals surface area (Å²) in [5, 5.41) is 30.3. The SMILES string of the molecule is CC[C@H](C)[C@@H]1NC(=O)[C@H](CC(C)C)NC(=O)[C@@H](Cc2ccccc2)NC(=O)[C@H](Cc2ccc(O)cc2)NC(=O)[C@@H]2CCCN2C(=O)[C@@H]2CCCN2C(=O)[C@H](C(C)C)NC(=O)[C@H](CC(C)C)NC(=O)[C@H]([C@@H](C)CC)NC1=O. The Hall–Kier alpha value is -6.53. The number of nitrogens with one attached hydrogen (secondary N) is 7. The van der Waals surface area contributed by atoms with Gasteiger partial charge in [-0.1, -0.05) is 125 Å². The second-order valence-electron chi connectivity index (χ2n) is 22.4. The molecule has 8 N–H and O–H groups in total. The van der Waals surface area contributed by atoms with Crippen LogP contribution in [-0.4, -0.2) is 136 Å². The highest BCUT2D eigenvalue weighted by atomic mass is 16.3. The first-order valence-electron chi connectivity index (χ1n) is 27.6. The number of carbonyl (C=O) groups excluding carboxylic acids is 9. The molecule has 2 aromatic carbocycles. The molecule has 0 bridgehead atoms. The van der Waals surface area contributed by atoms with E-state index in [1.807, 2.05) is 47.6 Å². The molecule has 3 aliphatic heterocycles. The molecule has 19 nitrogen and oxygen atoms in total. The Labute approximate surface area is 449 Å². The van der Waals surface area contributed by atoms with Crippen molar-refractivity contribution in [3.05, 3.63) is 65.7 Å². The van der Waals surface area contributed by atoms with Crippen LogP contribution in [0.4, 0.5) is 0 Å². The summed E-state index contributed by atoms with van der Waals surface area (Å²) in [6.07, 6.45) is 2.72. The highest BCUT2D eigenvalue weighted by molar-refractivity contribution is 5.99. The van der Waals surface area contributed by atoms with E-state index in [4.69, 9.17) is 0 Å². The smallest absolute Gasteiger partial charge is 0.246 e. The first-order valence-corrected chi connectivity index (χ1v) is 27.6. The fourth-order valence-corrected chi connectivity index (χ4v) is 10.2. The molecule has 5 rings (SSSR count). The predicted molar refractivity (Wildman–Crippen MR) is 288 cm³/mol. The van der Waals surface area contributed by atoms with Gasteiger partial charge in [-0.2, -0.15) is 0 Å². The van der Waals surface area contributed by atoms with Gasteiger partial charge in [0.1, 0.15) is 60.1 Å². The van der Waals surface area contributed by atoms with E-state index in [1.165, 1.54) is 21.9 Å². The minimum atomic E-state index is -1.30. The number of phenols is 1. The molecule has 0 saturated carbocycles. The molecule has 0 radical (unpaired) electrons. The number of rotatable bonds is 13. The molecule has 3 fully saturated rings. The average molecular weight is 1060 g/mol. The van der Waals surface area contributed by atoms with Crippen LogP contribution < -0.4 is 37.2 Å². The van der Waals surface area contributed by atoms with Crippen molar-refractivity contribution in [3.63, 3.8) is 0 Å². The monoisotopic (exact) mass is 1060 g/mol. The quantitative estimate of drug-likeness (QED) is 0.145. The number of benzene rings is 2. The number of carbonyl (C=O) groups is 9. The standard InChI is InChI=1S/C57H85N9O10/c1-11-35(9)47-54(73)61-41(29-33(5)6)51(70)62-46(34(7)8)57(76)66-27-17-21-45(66)56(75)65-26-16-20-44(65)53(72)60-43(31-38-22-24-39(67)25-23-38)50(69)59-42(30-37-18-14-13-15-19-37)49(68)58-40(28-32(3)4)52(71)63-48(36(10)12-2)55(74)64-47/h13-15,18-19,22-25,32-36,40-48,67H,11-12,16-17,20-21,26-31H2,1-10H3,(H,58,68)(H,59,69)(H,60,72)(H,61,73)(H,62,70)(H,63,71)(H,64,74)/t35-,36-,40-,41-,42+,43-,44-,45-,46-,47-,48-/m0/s1. The third-order valence-electron chi connectivity index (χ3n) is 15.1. The second kappa shape index (κ2) is 28.0. The van der Waals surface area contributed by atoms with Gasteiger partial charge in [0, 0.05) is 25.9 Å². The molecule has 76 heavy (non-hydrogen) atoms. The van der Waals surface area contributed by atoms with Gasteiger partial charge >= 0.3 is 0 Å². The average Bonchev–Trinajstić information content (AvgIpc) is 4.09. The molecule has 3 heterocycles. The van der Waals surface area contributed by atoms with E-state index in [-0.39, 0.29) is 62.8 Å². The first kappa shape index (κ1) is 60.3. The Morgan fingerprint density at radius 3 is 1.34 bits per heavy atom. The van der Waals surface area contributed by atoms with Gasteiger partial charge in [-0.3, -0.25) is 43.2 Å². The largest absolute Gasteiger partial charge is 0.508 e. The fourth-order valence-electron chi connectivity index (χ4n) is 10.2. The minimum absolute atomic E-state index is 0.0103. The molecular formula is C57H85N9O10. The van der Waals surface area contributed by atoms with E-state index >= 15 is 0 Å². The van der Waals surface area contributed by atoms with Crippen LogP contribution in [-0.2, 0) is 56.0 Å². The molecule has 11 atom stereocenters. The fraction of sp³-hybridized carbons (Fsp3) is 0.632. The van der Waals surface area contributed by atoms with Crippen LogP contribution in [0.3, 0.4) is 0 Å². The van der Waals surface area contributed by atoms with Crippen LogP contribution in [0.15, 0.2) is 54.6 Å². The maximum absolute atomic E-state index is 14.8. The van der Waals surface area contributed by atoms with Crippen molar-refractivity contribution in [2.24, 2.45) is 29.6 Å². The number of amides is 9. The van der Waals surface area contributed by atoms with Crippen molar-refractivity contribution < 1.29 is 48.3 Å². The van der Waals surface area contributed by atoms with E-state index in [0.29, 0.717) is 43.2 Å². The van der Waals surface area contributed by atoms with Gasteiger partial charge in [-0.25, -0.2) is 0 Å². The number of hydrogen-bond donors (Lipinski definition) is 8. The van der Waals surface area contributed by atoms with Crippen molar-refractivity contribution in [1.29, 1.82) is 0 Å². The number of phenolic OH excluding ortho intramolecular Hbond substituents is 1. The first-order chi connectivity index (χ1) is 36.0. The summed E-state index contributed by atoms with van der Waals surface area (Å²) in [4.78, 5) is 134. The maximum Gasteiger partial charge on any atom is 0.246 e. The molecule has 0 aliphatic carbocycles. The summed E-state index contributed by atoms with van der Waals surface area (Å²) in [6.45, 7) is 18.8. The lowest BCUT2D eigenvalue weighted by atomic mass is 9.93. The van der Waals surface area contributed by atoms with Gasteiger partial charge in [0.2, 0.25) is 53.2 Å².